The topological polar surface area (TPSA) is 69.0 Å². The van der Waals surface area contributed by atoms with Gasteiger partial charge in [0, 0.05) is 10.7 Å². The van der Waals surface area contributed by atoms with Crippen LogP contribution in [0.3, 0.4) is 0 Å². The van der Waals surface area contributed by atoms with E-state index >= 15 is 0 Å². The number of rotatable bonds is 6. The third-order valence-corrected chi connectivity index (χ3v) is 4.09. The molecule has 0 aliphatic rings. The Kier molecular flexibility index (Phi) is 5.53. The molecule has 1 heterocycles. The molecule has 0 atom stereocenters. The number of carbonyl (C=O) groups is 1. The third-order valence-electron chi connectivity index (χ3n) is 3.83. The summed E-state index contributed by atoms with van der Waals surface area (Å²) >= 11 is 5.84. The van der Waals surface area contributed by atoms with Crippen LogP contribution in [0.4, 0.5) is 5.69 Å². The van der Waals surface area contributed by atoms with Gasteiger partial charge >= 0.3 is 0 Å². The second-order valence-electron chi connectivity index (χ2n) is 6.09. The number of ether oxygens (including phenoxy) is 1. The van der Waals surface area contributed by atoms with Gasteiger partial charge in [-0.3, -0.25) is 9.36 Å². The van der Waals surface area contributed by atoms with Crippen molar-refractivity contribution in [3.05, 3.63) is 65.7 Å². The van der Waals surface area contributed by atoms with Crippen molar-refractivity contribution < 1.29 is 9.53 Å². The Balaban J connectivity index is 1.72. The molecule has 1 N–H and O–H groups in total. The Labute approximate surface area is 156 Å². The van der Waals surface area contributed by atoms with E-state index in [0.717, 1.165) is 11.3 Å². The highest BCUT2D eigenvalue weighted by atomic mass is 35.5. The minimum atomic E-state index is -0.255. The monoisotopic (exact) mass is 370 g/mol. The first-order valence-electron chi connectivity index (χ1n) is 8.20. The number of benzene rings is 2. The van der Waals surface area contributed by atoms with E-state index in [4.69, 9.17) is 16.3 Å². The number of amides is 1. The third kappa shape index (κ3) is 4.40. The van der Waals surface area contributed by atoms with Crippen molar-refractivity contribution >= 4 is 23.2 Å². The second kappa shape index (κ2) is 8.01. The average molecular weight is 371 g/mol. The molecular formula is C19H19ClN4O2. The Morgan fingerprint density at radius 2 is 1.85 bits per heavy atom. The summed E-state index contributed by atoms with van der Waals surface area (Å²) < 4.78 is 7.50. The summed E-state index contributed by atoms with van der Waals surface area (Å²) in [6.45, 7) is 4.12. The molecule has 0 saturated carbocycles. The first kappa shape index (κ1) is 17.9. The normalized spacial score (nSPS) is 10.8. The molecule has 0 aliphatic heterocycles. The molecule has 0 bridgehead atoms. The first-order valence-corrected chi connectivity index (χ1v) is 8.58. The van der Waals surface area contributed by atoms with Crippen LogP contribution in [0.5, 0.6) is 5.75 Å². The Morgan fingerprint density at radius 3 is 2.50 bits per heavy atom. The zero-order chi connectivity index (χ0) is 18.5. The molecule has 0 fully saturated rings. The van der Waals surface area contributed by atoms with Crippen molar-refractivity contribution in [1.29, 1.82) is 0 Å². The van der Waals surface area contributed by atoms with Crippen LogP contribution >= 0.6 is 11.6 Å². The molecule has 2 aromatic carbocycles. The Hall–Kier alpha value is -2.86. The number of nitrogens with one attached hydrogen (secondary N) is 1. The SMILES string of the molecule is CC(C)c1ccc(OCC(=O)Nc2ccc(Cl)cc2)c(-n2cnnc2)c1. The van der Waals surface area contributed by atoms with Gasteiger partial charge in [-0.05, 0) is 47.9 Å². The van der Waals surface area contributed by atoms with Crippen molar-refractivity contribution in [2.75, 3.05) is 11.9 Å². The Bertz CT molecular complexity index is 877. The van der Waals surface area contributed by atoms with Gasteiger partial charge in [-0.2, -0.15) is 0 Å². The van der Waals surface area contributed by atoms with Crippen LogP contribution < -0.4 is 10.1 Å². The van der Waals surface area contributed by atoms with Crippen molar-refractivity contribution in [3.8, 4) is 11.4 Å². The molecule has 7 heteroatoms. The fourth-order valence-corrected chi connectivity index (χ4v) is 2.54. The van der Waals surface area contributed by atoms with Crippen LogP contribution in [-0.2, 0) is 4.79 Å². The maximum atomic E-state index is 12.1. The van der Waals surface area contributed by atoms with E-state index in [0.29, 0.717) is 22.4 Å². The van der Waals surface area contributed by atoms with Crippen LogP contribution in [0.2, 0.25) is 5.02 Å². The van der Waals surface area contributed by atoms with Gasteiger partial charge < -0.3 is 10.1 Å². The number of carbonyl (C=O) groups excluding carboxylic acids is 1. The van der Waals surface area contributed by atoms with Crippen molar-refractivity contribution in [2.45, 2.75) is 19.8 Å². The molecule has 0 aliphatic carbocycles. The van der Waals surface area contributed by atoms with E-state index in [2.05, 4.69) is 29.4 Å². The minimum Gasteiger partial charge on any atom is -0.482 e. The lowest BCUT2D eigenvalue weighted by Gasteiger charge is -2.15. The van der Waals surface area contributed by atoms with E-state index in [1.165, 1.54) is 0 Å². The molecule has 0 radical (unpaired) electrons. The Morgan fingerprint density at radius 1 is 1.15 bits per heavy atom. The zero-order valence-corrected chi connectivity index (χ0v) is 15.3. The minimum absolute atomic E-state index is 0.112. The number of anilines is 1. The van der Waals surface area contributed by atoms with Gasteiger partial charge in [0.1, 0.15) is 18.4 Å². The predicted molar refractivity (Wildman–Crippen MR) is 101 cm³/mol. The molecule has 6 nitrogen and oxygen atoms in total. The molecular weight excluding hydrogens is 352 g/mol. The maximum Gasteiger partial charge on any atom is 0.262 e. The summed E-state index contributed by atoms with van der Waals surface area (Å²) in [6.07, 6.45) is 3.19. The first-order chi connectivity index (χ1) is 12.5. The number of aromatic nitrogens is 3. The van der Waals surface area contributed by atoms with E-state index in [9.17, 15) is 4.79 Å². The molecule has 0 saturated heterocycles. The van der Waals surface area contributed by atoms with Crippen molar-refractivity contribution in [1.82, 2.24) is 14.8 Å². The molecule has 1 aromatic heterocycles. The van der Waals surface area contributed by atoms with E-state index in [-0.39, 0.29) is 12.5 Å². The average Bonchev–Trinajstić information content (AvgIpc) is 3.16. The van der Waals surface area contributed by atoms with Crippen LogP contribution in [0.1, 0.15) is 25.3 Å². The molecule has 26 heavy (non-hydrogen) atoms. The van der Waals surface area contributed by atoms with Gasteiger partial charge in [0.15, 0.2) is 6.61 Å². The lowest BCUT2D eigenvalue weighted by atomic mass is 10.0. The largest absolute Gasteiger partial charge is 0.482 e. The van der Waals surface area contributed by atoms with Crippen molar-refractivity contribution in [3.63, 3.8) is 0 Å². The summed E-state index contributed by atoms with van der Waals surface area (Å²) in [5.41, 5.74) is 2.62. The van der Waals surface area contributed by atoms with Gasteiger partial charge in [0.2, 0.25) is 0 Å². The van der Waals surface area contributed by atoms with Gasteiger partial charge in [-0.15, -0.1) is 10.2 Å². The van der Waals surface area contributed by atoms with Crippen molar-refractivity contribution in [2.24, 2.45) is 0 Å². The highest BCUT2D eigenvalue weighted by Gasteiger charge is 2.12. The summed E-state index contributed by atoms with van der Waals surface area (Å²) in [5, 5.41) is 11.1. The number of hydrogen-bond donors (Lipinski definition) is 1. The predicted octanol–water partition coefficient (Wildman–Crippen LogP) is 4.06. The summed E-state index contributed by atoms with van der Waals surface area (Å²) in [5.74, 6) is 0.697. The molecule has 0 unspecified atom stereocenters. The number of nitrogens with zero attached hydrogens (tertiary/aromatic N) is 3. The quantitative estimate of drug-likeness (QED) is 0.710. The standard InChI is InChI=1S/C19H19ClN4O2/c1-13(2)14-3-8-18(17(9-14)24-11-21-22-12-24)26-10-19(25)23-16-6-4-15(20)5-7-16/h3-9,11-13H,10H2,1-2H3,(H,23,25). The molecule has 134 valence electrons. The van der Waals surface area contributed by atoms with E-state index < -0.39 is 0 Å². The lowest BCUT2D eigenvalue weighted by molar-refractivity contribution is -0.118. The molecule has 1 amide bonds. The maximum absolute atomic E-state index is 12.1. The molecule has 3 rings (SSSR count). The molecule has 3 aromatic rings. The van der Waals surface area contributed by atoms with Crippen LogP contribution in [0.15, 0.2) is 55.1 Å². The van der Waals surface area contributed by atoms with Gasteiger partial charge in [0.05, 0.1) is 5.69 Å². The fraction of sp³-hybridized carbons (Fsp3) is 0.211. The number of halogens is 1. The van der Waals surface area contributed by atoms with E-state index in [1.807, 2.05) is 18.2 Å². The van der Waals surface area contributed by atoms with Gasteiger partial charge in [-0.1, -0.05) is 31.5 Å². The van der Waals surface area contributed by atoms with Crippen LogP contribution in [0.25, 0.3) is 5.69 Å². The summed E-state index contributed by atoms with van der Waals surface area (Å²) in [7, 11) is 0. The molecule has 0 spiro atoms. The smallest absolute Gasteiger partial charge is 0.262 e. The number of hydrogen-bond acceptors (Lipinski definition) is 4. The van der Waals surface area contributed by atoms with Crippen LogP contribution in [0, 0.1) is 0 Å². The van der Waals surface area contributed by atoms with E-state index in [1.54, 1.807) is 41.5 Å². The highest BCUT2D eigenvalue weighted by molar-refractivity contribution is 6.30. The summed E-state index contributed by atoms with van der Waals surface area (Å²) in [6, 6.07) is 12.8. The summed E-state index contributed by atoms with van der Waals surface area (Å²) in [4.78, 5) is 12.1. The van der Waals surface area contributed by atoms with Gasteiger partial charge in [0.25, 0.3) is 5.91 Å². The highest BCUT2D eigenvalue weighted by Crippen LogP contribution is 2.27. The fourth-order valence-electron chi connectivity index (χ4n) is 2.42. The van der Waals surface area contributed by atoms with Crippen LogP contribution in [-0.4, -0.2) is 27.3 Å². The van der Waals surface area contributed by atoms with Gasteiger partial charge in [-0.25, -0.2) is 0 Å². The zero-order valence-electron chi connectivity index (χ0n) is 14.5. The second-order valence-corrected chi connectivity index (χ2v) is 6.53. The lowest BCUT2D eigenvalue weighted by Crippen LogP contribution is -2.20.